The van der Waals surface area contributed by atoms with E-state index in [1.54, 1.807) is 6.07 Å². The van der Waals surface area contributed by atoms with Crippen LogP contribution in [0.3, 0.4) is 0 Å². The lowest BCUT2D eigenvalue weighted by molar-refractivity contribution is 0.0651. The molecule has 5 heteroatoms. The van der Waals surface area contributed by atoms with Crippen molar-refractivity contribution in [1.82, 2.24) is 4.90 Å². The predicted molar refractivity (Wildman–Crippen MR) is 106 cm³/mol. The van der Waals surface area contributed by atoms with Crippen LogP contribution in [0.5, 0.6) is 0 Å². The summed E-state index contributed by atoms with van der Waals surface area (Å²) in [5.74, 6) is -0.467. The van der Waals surface area contributed by atoms with Gasteiger partial charge in [0.05, 0.1) is 0 Å². The highest BCUT2D eigenvalue weighted by Gasteiger charge is 2.30. The summed E-state index contributed by atoms with van der Waals surface area (Å²) in [5.41, 5.74) is 7.69. The van der Waals surface area contributed by atoms with E-state index in [1.807, 2.05) is 24.3 Å². The van der Waals surface area contributed by atoms with E-state index in [0.29, 0.717) is 11.1 Å². The average molecular weight is 353 g/mol. The summed E-state index contributed by atoms with van der Waals surface area (Å²) in [6.07, 6.45) is 7.12. The van der Waals surface area contributed by atoms with Crippen molar-refractivity contribution in [2.45, 2.75) is 38.5 Å². The zero-order valence-electron chi connectivity index (χ0n) is 15.4. The molecule has 0 bridgehead atoms. The number of rotatable bonds is 9. The van der Waals surface area contributed by atoms with E-state index in [0.717, 1.165) is 42.4 Å². The fourth-order valence-corrected chi connectivity index (χ4v) is 3.57. The standard InChI is InChI=1S/C21H27N3O2/c1-24-20(25)16-10-8-9-15-18(12-11-17(19(15)16)21(24)26)23-14-7-5-3-2-4-6-13-22/h8-12,23H,2-7,13-14,22H2,1H3. The molecule has 2 amide bonds. The van der Waals surface area contributed by atoms with Crippen LogP contribution in [0.4, 0.5) is 5.69 Å². The highest BCUT2D eigenvalue weighted by molar-refractivity contribution is 6.26. The second-order valence-electron chi connectivity index (χ2n) is 6.89. The third-order valence-electron chi connectivity index (χ3n) is 5.06. The van der Waals surface area contributed by atoms with E-state index in [2.05, 4.69) is 5.32 Å². The molecule has 0 aliphatic carbocycles. The largest absolute Gasteiger partial charge is 0.385 e. The first-order valence-electron chi connectivity index (χ1n) is 9.47. The lowest BCUT2D eigenvalue weighted by Crippen LogP contribution is -2.36. The molecule has 2 aromatic rings. The summed E-state index contributed by atoms with van der Waals surface area (Å²) in [6.45, 7) is 1.67. The number of amides is 2. The van der Waals surface area contributed by atoms with E-state index in [4.69, 9.17) is 5.73 Å². The van der Waals surface area contributed by atoms with Crippen molar-refractivity contribution < 1.29 is 9.59 Å². The van der Waals surface area contributed by atoms with Gasteiger partial charge >= 0.3 is 0 Å². The molecule has 1 aliphatic heterocycles. The minimum absolute atomic E-state index is 0.234. The predicted octanol–water partition coefficient (Wildman–Crippen LogP) is 3.78. The Morgan fingerprint density at radius 1 is 0.885 bits per heavy atom. The smallest absolute Gasteiger partial charge is 0.261 e. The van der Waals surface area contributed by atoms with Crippen molar-refractivity contribution in [3.63, 3.8) is 0 Å². The SMILES string of the molecule is CN1C(=O)c2cccc3c(NCCCCCCCCN)ccc(c23)C1=O. The Morgan fingerprint density at radius 3 is 2.27 bits per heavy atom. The topological polar surface area (TPSA) is 75.4 Å². The van der Waals surface area contributed by atoms with Crippen LogP contribution in [0.25, 0.3) is 10.8 Å². The number of hydrogen-bond acceptors (Lipinski definition) is 4. The quantitative estimate of drug-likeness (QED) is 0.531. The molecular weight excluding hydrogens is 326 g/mol. The molecule has 1 aliphatic rings. The number of anilines is 1. The molecule has 0 aromatic heterocycles. The molecule has 0 spiro atoms. The van der Waals surface area contributed by atoms with Gasteiger partial charge in [-0.3, -0.25) is 14.5 Å². The second-order valence-corrected chi connectivity index (χ2v) is 6.89. The van der Waals surface area contributed by atoms with E-state index in [-0.39, 0.29) is 11.8 Å². The summed E-state index contributed by atoms with van der Waals surface area (Å²) in [5, 5.41) is 5.19. The molecule has 0 radical (unpaired) electrons. The molecule has 0 atom stereocenters. The van der Waals surface area contributed by atoms with Gasteiger partial charge in [-0.2, -0.15) is 0 Å². The van der Waals surface area contributed by atoms with Crippen LogP contribution >= 0.6 is 0 Å². The van der Waals surface area contributed by atoms with E-state index < -0.39 is 0 Å². The van der Waals surface area contributed by atoms with Gasteiger partial charge in [0.15, 0.2) is 0 Å². The Hall–Kier alpha value is -2.40. The average Bonchev–Trinajstić information content (AvgIpc) is 2.66. The number of nitrogens with two attached hydrogens (primary N) is 1. The van der Waals surface area contributed by atoms with Crippen LogP contribution in [0.1, 0.15) is 59.2 Å². The van der Waals surface area contributed by atoms with Crippen molar-refractivity contribution in [2.75, 3.05) is 25.5 Å². The van der Waals surface area contributed by atoms with Gasteiger partial charge in [-0.15, -0.1) is 0 Å². The molecule has 0 fully saturated rings. The minimum Gasteiger partial charge on any atom is -0.385 e. The van der Waals surface area contributed by atoms with Gasteiger partial charge in [-0.05, 0) is 37.6 Å². The molecule has 0 unspecified atom stereocenters. The zero-order chi connectivity index (χ0) is 18.5. The summed E-state index contributed by atoms with van der Waals surface area (Å²) in [6, 6.07) is 9.42. The molecule has 3 rings (SSSR count). The highest BCUT2D eigenvalue weighted by atomic mass is 16.2. The van der Waals surface area contributed by atoms with Gasteiger partial charge in [0.25, 0.3) is 11.8 Å². The fourth-order valence-electron chi connectivity index (χ4n) is 3.57. The number of unbranched alkanes of at least 4 members (excludes halogenated alkanes) is 5. The molecule has 5 nitrogen and oxygen atoms in total. The summed E-state index contributed by atoms with van der Waals surface area (Å²) >= 11 is 0. The van der Waals surface area contributed by atoms with Crippen molar-refractivity contribution in [2.24, 2.45) is 5.73 Å². The number of nitrogens with zero attached hydrogens (tertiary/aromatic N) is 1. The van der Waals surface area contributed by atoms with E-state index in [9.17, 15) is 9.59 Å². The maximum Gasteiger partial charge on any atom is 0.261 e. The van der Waals surface area contributed by atoms with Crippen LogP contribution in [0, 0.1) is 0 Å². The van der Waals surface area contributed by atoms with Crippen LogP contribution in [-0.2, 0) is 0 Å². The van der Waals surface area contributed by atoms with E-state index >= 15 is 0 Å². The van der Waals surface area contributed by atoms with Gasteiger partial charge in [0.2, 0.25) is 0 Å². The van der Waals surface area contributed by atoms with E-state index in [1.165, 1.54) is 37.6 Å². The molecule has 3 N–H and O–H groups in total. The number of hydrogen-bond donors (Lipinski definition) is 2. The van der Waals surface area contributed by atoms with Gasteiger partial charge in [0, 0.05) is 41.2 Å². The monoisotopic (exact) mass is 353 g/mol. The third-order valence-corrected chi connectivity index (χ3v) is 5.06. The number of imide groups is 1. The van der Waals surface area contributed by atoms with Crippen LogP contribution in [-0.4, -0.2) is 36.9 Å². The fraction of sp³-hybridized carbons (Fsp3) is 0.429. The number of carbonyl (C=O) groups excluding carboxylic acids is 2. The number of benzene rings is 2. The number of nitrogens with one attached hydrogen (secondary N) is 1. The molecule has 0 saturated heterocycles. The maximum atomic E-state index is 12.4. The molecular formula is C21H27N3O2. The minimum atomic E-state index is -0.234. The molecule has 1 heterocycles. The Kier molecular flexibility index (Phi) is 5.89. The molecule has 26 heavy (non-hydrogen) atoms. The Morgan fingerprint density at radius 2 is 1.54 bits per heavy atom. The van der Waals surface area contributed by atoms with Crippen molar-refractivity contribution in [3.05, 3.63) is 41.5 Å². The molecule has 2 aromatic carbocycles. The lowest BCUT2D eigenvalue weighted by atomic mass is 9.93. The Bertz CT molecular complexity index is 794. The molecule has 0 saturated carbocycles. The number of carbonyl (C=O) groups is 2. The van der Waals surface area contributed by atoms with Crippen LogP contribution < -0.4 is 11.1 Å². The van der Waals surface area contributed by atoms with Crippen LogP contribution in [0.2, 0.25) is 0 Å². The van der Waals surface area contributed by atoms with Crippen LogP contribution in [0.15, 0.2) is 30.3 Å². The highest BCUT2D eigenvalue weighted by Crippen LogP contribution is 2.33. The summed E-state index contributed by atoms with van der Waals surface area (Å²) in [7, 11) is 1.53. The second kappa shape index (κ2) is 8.32. The van der Waals surface area contributed by atoms with Crippen molar-refractivity contribution >= 4 is 28.3 Å². The zero-order valence-corrected chi connectivity index (χ0v) is 15.4. The summed E-state index contributed by atoms with van der Waals surface area (Å²) in [4.78, 5) is 26.0. The first-order valence-corrected chi connectivity index (χ1v) is 9.47. The van der Waals surface area contributed by atoms with Crippen molar-refractivity contribution in [3.8, 4) is 0 Å². The molecule has 138 valence electrons. The third kappa shape index (κ3) is 3.58. The Balaban J connectivity index is 1.69. The van der Waals surface area contributed by atoms with Gasteiger partial charge < -0.3 is 11.1 Å². The van der Waals surface area contributed by atoms with Gasteiger partial charge in [-0.25, -0.2) is 0 Å². The normalized spacial score (nSPS) is 13.5. The van der Waals surface area contributed by atoms with Gasteiger partial charge in [0.1, 0.15) is 0 Å². The first-order chi connectivity index (χ1) is 12.6. The van der Waals surface area contributed by atoms with Gasteiger partial charge in [-0.1, -0.05) is 37.8 Å². The Labute approximate surface area is 154 Å². The summed E-state index contributed by atoms with van der Waals surface area (Å²) < 4.78 is 0. The first kappa shape index (κ1) is 18.4. The maximum absolute atomic E-state index is 12.4. The van der Waals surface area contributed by atoms with Crippen molar-refractivity contribution in [1.29, 1.82) is 0 Å². The lowest BCUT2D eigenvalue weighted by Gasteiger charge is -2.24.